The number of carbonyl (C=O) groups excluding carboxylic acids is 2. The molecule has 2 amide bonds. The van der Waals surface area contributed by atoms with Gasteiger partial charge < -0.3 is 9.80 Å². The maximum absolute atomic E-state index is 12.6. The van der Waals surface area contributed by atoms with E-state index in [-0.39, 0.29) is 35.7 Å². The molecule has 2 atom stereocenters. The highest BCUT2D eigenvalue weighted by molar-refractivity contribution is 7.89. The van der Waals surface area contributed by atoms with E-state index in [9.17, 15) is 18.0 Å². The van der Waals surface area contributed by atoms with Crippen molar-refractivity contribution in [2.45, 2.75) is 57.4 Å². The molecule has 0 aromatic heterocycles. The second kappa shape index (κ2) is 8.21. The number of anilines is 1. The van der Waals surface area contributed by atoms with Crippen molar-refractivity contribution in [3.63, 3.8) is 0 Å². The summed E-state index contributed by atoms with van der Waals surface area (Å²) in [6.07, 6.45) is 2.92. The van der Waals surface area contributed by atoms with Crippen molar-refractivity contribution in [2.24, 2.45) is 5.92 Å². The quantitative estimate of drug-likeness (QED) is 0.808. The lowest BCUT2D eigenvalue weighted by Gasteiger charge is -2.31. The molecule has 0 bridgehead atoms. The van der Waals surface area contributed by atoms with Gasteiger partial charge in [-0.1, -0.05) is 6.92 Å². The lowest BCUT2D eigenvalue weighted by Crippen LogP contribution is -2.40. The fourth-order valence-corrected chi connectivity index (χ4v) is 5.29. The second-order valence-corrected chi connectivity index (χ2v) is 9.73. The number of nitrogens with zero attached hydrogens (tertiary/aromatic N) is 2. The number of amides is 2. The molecule has 0 radical (unpaired) electrons. The van der Waals surface area contributed by atoms with Crippen LogP contribution in [-0.2, 0) is 26.0 Å². The number of rotatable bonds is 5. The van der Waals surface area contributed by atoms with Crippen LogP contribution in [0.15, 0.2) is 23.1 Å². The van der Waals surface area contributed by atoms with Gasteiger partial charge in [-0.15, -0.1) is 0 Å². The minimum absolute atomic E-state index is 0.00544. The van der Waals surface area contributed by atoms with Crippen molar-refractivity contribution < 1.29 is 18.0 Å². The Morgan fingerprint density at radius 1 is 1.25 bits per heavy atom. The van der Waals surface area contributed by atoms with Crippen molar-refractivity contribution in [3.05, 3.63) is 23.8 Å². The summed E-state index contributed by atoms with van der Waals surface area (Å²) >= 11 is 0. The minimum atomic E-state index is -3.70. The van der Waals surface area contributed by atoms with Crippen LogP contribution in [0.5, 0.6) is 0 Å². The van der Waals surface area contributed by atoms with Gasteiger partial charge in [0.2, 0.25) is 21.8 Å². The molecule has 154 valence electrons. The third-order valence-electron chi connectivity index (χ3n) is 5.56. The molecule has 28 heavy (non-hydrogen) atoms. The first-order valence-electron chi connectivity index (χ1n) is 9.89. The topological polar surface area (TPSA) is 86.8 Å². The zero-order chi connectivity index (χ0) is 20.5. The molecule has 1 fully saturated rings. The number of nitrogens with one attached hydrogen (secondary N) is 1. The van der Waals surface area contributed by atoms with E-state index in [1.54, 1.807) is 17.0 Å². The molecule has 1 N–H and O–H groups in total. The SMILES string of the molecule is CC(=O)N1c2ccc(S(=O)(=O)NCCC(=O)N3CCCC(C)C3)cc2CC1C. The largest absolute Gasteiger partial charge is 0.342 e. The molecule has 3 rings (SSSR count). The van der Waals surface area contributed by atoms with Gasteiger partial charge in [0, 0.05) is 44.7 Å². The van der Waals surface area contributed by atoms with E-state index in [1.807, 2.05) is 11.8 Å². The first-order chi connectivity index (χ1) is 13.2. The third kappa shape index (κ3) is 4.38. The highest BCUT2D eigenvalue weighted by Crippen LogP contribution is 2.33. The molecule has 0 spiro atoms. The summed E-state index contributed by atoms with van der Waals surface area (Å²) < 4.78 is 27.8. The zero-order valence-corrected chi connectivity index (χ0v) is 17.6. The number of piperidine rings is 1. The lowest BCUT2D eigenvalue weighted by atomic mass is 10.0. The average Bonchev–Trinajstić information content (AvgIpc) is 2.96. The Hall–Kier alpha value is -1.93. The van der Waals surface area contributed by atoms with Gasteiger partial charge in [0.1, 0.15) is 0 Å². The van der Waals surface area contributed by atoms with E-state index in [2.05, 4.69) is 11.6 Å². The smallest absolute Gasteiger partial charge is 0.240 e. The van der Waals surface area contributed by atoms with Gasteiger partial charge in [-0.2, -0.15) is 0 Å². The van der Waals surface area contributed by atoms with Gasteiger partial charge in [0.15, 0.2) is 0 Å². The van der Waals surface area contributed by atoms with Gasteiger partial charge in [-0.25, -0.2) is 13.1 Å². The summed E-state index contributed by atoms with van der Waals surface area (Å²) in [4.78, 5) is 27.8. The Labute approximate surface area is 167 Å². The number of hydrogen-bond donors (Lipinski definition) is 1. The molecule has 8 heteroatoms. The van der Waals surface area contributed by atoms with Gasteiger partial charge >= 0.3 is 0 Å². The lowest BCUT2D eigenvalue weighted by molar-refractivity contribution is -0.132. The van der Waals surface area contributed by atoms with Crippen molar-refractivity contribution in [1.29, 1.82) is 0 Å². The van der Waals surface area contributed by atoms with Gasteiger partial charge in [0.05, 0.1) is 4.90 Å². The van der Waals surface area contributed by atoms with Crippen LogP contribution < -0.4 is 9.62 Å². The van der Waals surface area contributed by atoms with Crippen LogP contribution in [0.1, 0.15) is 45.6 Å². The third-order valence-corrected chi connectivity index (χ3v) is 7.02. The minimum Gasteiger partial charge on any atom is -0.342 e. The number of hydrogen-bond acceptors (Lipinski definition) is 4. The summed E-state index contributed by atoms with van der Waals surface area (Å²) in [5, 5.41) is 0. The number of carbonyl (C=O) groups is 2. The zero-order valence-electron chi connectivity index (χ0n) is 16.8. The van der Waals surface area contributed by atoms with E-state index < -0.39 is 10.0 Å². The van der Waals surface area contributed by atoms with E-state index in [1.165, 1.54) is 13.0 Å². The van der Waals surface area contributed by atoms with Crippen molar-refractivity contribution in [2.75, 3.05) is 24.5 Å². The van der Waals surface area contributed by atoms with Crippen LogP contribution in [-0.4, -0.2) is 50.8 Å². The van der Waals surface area contributed by atoms with Crippen LogP contribution in [0.25, 0.3) is 0 Å². The summed E-state index contributed by atoms with van der Waals surface area (Å²) in [7, 11) is -3.70. The van der Waals surface area contributed by atoms with Crippen LogP contribution in [0.3, 0.4) is 0 Å². The number of benzene rings is 1. The number of sulfonamides is 1. The highest BCUT2D eigenvalue weighted by atomic mass is 32.2. The summed E-state index contributed by atoms with van der Waals surface area (Å²) in [5.74, 6) is 0.442. The van der Waals surface area contributed by atoms with Crippen molar-refractivity contribution in [3.8, 4) is 0 Å². The Morgan fingerprint density at radius 2 is 2.00 bits per heavy atom. The Bertz CT molecular complexity index is 868. The van der Waals surface area contributed by atoms with Crippen molar-refractivity contribution >= 4 is 27.5 Å². The van der Waals surface area contributed by atoms with Gasteiger partial charge in [-0.05, 0) is 55.9 Å². The first-order valence-corrected chi connectivity index (χ1v) is 11.4. The predicted molar refractivity (Wildman–Crippen MR) is 108 cm³/mol. The number of likely N-dealkylation sites (tertiary alicyclic amines) is 1. The maximum atomic E-state index is 12.6. The monoisotopic (exact) mass is 407 g/mol. The molecule has 1 saturated heterocycles. The van der Waals surface area contributed by atoms with Crippen LogP contribution >= 0.6 is 0 Å². The first kappa shape index (κ1) is 20.8. The fourth-order valence-electron chi connectivity index (χ4n) is 4.20. The van der Waals surface area contributed by atoms with Gasteiger partial charge in [-0.3, -0.25) is 9.59 Å². The van der Waals surface area contributed by atoms with Crippen LogP contribution in [0, 0.1) is 5.92 Å². The van der Waals surface area contributed by atoms with Gasteiger partial charge in [0.25, 0.3) is 0 Å². The van der Waals surface area contributed by atoms with E-state index in [4.69, 9.17) is 0 Å². The molecule has 2 heterocycles. The maximum Gasteiger partial charge on any atom is 0.240 e. The average molecular weight is 408 g/mol. The highest BCUT2D eigenvalue weighted by Gasteiger charge is 2.30. The summed E-state index contributed by atoms with van der Waals surface area (Å²) in [6.45, 7) is 7.18. The molecule has 0 saturated carbocycles. The molecular weight excluding hydrogens is 378 g/mol. The molecule has 1 aromatic rings. The molecule has 7 nitrogen and oxygen atoms in total. The summed E-state index contributed by atoms with van der Waals surface area (Å²) in [6, 6.07) is 4.85. The predicted octanol–water partition coefficient (Wildman–Crippen LogP) is 1.91. The second-order valence-electron chi connectivity index (χ2n) is 7.97. The van der Waals surface area contributed by atoms with E-state index in [0.717, 1.165) is 37.2 Å². The normalized spacial score (nSPS) is 22.2. The van der Waals surface area contributed by atoms with Crippen LogP contribution in [0.4, 0.5) is 5.69 Å². The van der Waals surface area contributed by atoms with E-state index >= 15 is 0 Å². The number of fused-ring (bicyclic) bond motifs is 1. The molecule has 2 aliphatic rings. The molecule has 0 aliphatic carbocycles. The van der Waals surface area contributed by atoms with Crippen molar-refractivity contribution in [1.82, 2.24) is 9.62 Å². The molecule has 2 unspecified atom stereocenters. The molecule has 1 aromatic carbocycles. The van der Waals surface area contributed by atoms with Crippen LogP contribution in [0.2, 0.25) is 0 Å². The molecule has 2 aliphatic heterocycles. The summed E-state index contributed by atoms with van der Waals surface area (Å²) in [5.41, 5.74) is 1.62. The fraction of sp³-hybridized carbons (Fsp3) is 0.600. The standard InChI is InChI=1S/C20H29N3O4S/c1-14-5-4-10-22(13-14)20(25)8-9-21-28(26,27)18-6-7-19-17(12-18)11-15(2)23(19)16(3)24/h6-7,12,14-15,21H,4-5,8-11,13H2,1-3H3. The molecular formula is C20H29N3O4S. The Morgan fingerprint density at radius 3 is 2.68 bits per heavy atom. The Kier molecular flexibility index (Phi) is 6.09. The van der Waals surface area contributed by atoms with E-state index in [0.29, 0.717) is 12.3 Å². The Balaban J connectivity index is 1.62.